The molecule has 1 rings (SSSR count). The zero-order chi connectivity index (χ0) is 22.8. The molecule has 5 atom stereocenters. The van der Waals surface area contributed by atoms with E-state index in [2.05, 4.69) is 15.3 Å². The minimum atomic E-state index is -1.49. The summed E-state index contributed by atoms with van der Waals surface area (Å²) in [6.07, 6.45) is -5.37. The van der Waals surface area contributed by atoms with Crippen LogP contribution < -0.4 is 10.2 Å². The number of rotatable bonds is 8. The van der Waals surface area contributed by atoms with Crippen molar-refractivity contribution in [2.75, 3.05) is 13.2 Å². The van der Waals surface area contributed by atoms with Crippen LogP contribution in [0, 0.1) is 5.53 Å². The fraction of sp³-hybridized carbons (Fsp3) is 0.688. The molecule has 14 heteroatoms. The topological polar surface area (TPSA) is 194 Å². The third kappa shape index (κ3) is 7.93. The van der Waals surface area contributed by atoms with E-state index in [-0.39, 0.29) is 0 Å². The molecule has 0 unspecified atom stereocenters. The zero-order valence-corrected chi connectivity index (χ0v) is 16.8. The second-order valence-electron chi connectivity index (χ2n) is 6.10. The van der Waals surface area contributed by atoms with Crippen molar-refractivity contribution in [1.29, 1.82) is 5.53 Å². The molecule has 1 aliphatic heterocycles. The second-order valence-corrected chi connectivity index (χ2v) is 6.10. The minimum absolute atomic E-state index is 0.420. The van der Waals surface area contributed by atoms with Crippen molar-refractivity contribution in [2.45, 2.75) is 58.3 Å². The maximum Gasteiger partial charge on any atom is 0.305 e. The molecule has 30 heavy (non-hydrogen) atoms. The Labute approximate surface area is 170 Å². The van der Waals surface area contributed by atoms with Crippen LogP contribution in [-0.4, -0.2) is 73.6 Å². The minimum Gasteiger partial charge on any atom is -0.463 e. The van der Waals surface area contributed by atoms with E-state index < -0.39 is 73.6 Å². The molecule has 0 bridgehead atoms. The van der Waals surface area contributed by atoms with E-state index in [0.29, 0.717) is 0 Å². The first-order valence-electron chi connectivity index (χ1n) is 8.68. The van der Waals surface area contributed by atoms with Crippen molar-refractivity contribution in [3.63, 3.8) is 0 Å². The van der Waals surface area contributed by atoms with Crippen LogP contribution in [0.4, 0.5) is 0 Å². The summed E-state index contributed by atoms with van der Waals surface area (Å²) >= 11 is 0. The van der Waals surface area contributed by atoms with Crippen molar-refractivity contribution in [3.8, 4) is 0 Å². The van der Waals surface area contributed by atoms with Gasteiger partial charge < -0.3 is 29.0 Å². The molecule has 14 nitrogen and oxygen atoms in total. The van der Waals surface area contributed by atoms with Crippen LogP contribution in [0.2, 0.25) is 0 Å². The SMILES string of the molecule is CC(=O)OC[C@H]1O[C@@H](OC(C)=O)[C@H](NC(=O)CN=[N+]=N)[C@@H](OC(C)=O)[C@@H]1OC(C)=O. The van der Waals surface area contributed by atoms with Gasteiger partial charge in [-0.25, -0.2) is 0 Å². The molecule has 166 valence electrons. The second kappa shape index (κ2) is 11.6. The van der Waals surface area contributed by atoms with Crippen LogP contribution in [0.5, 0.6) is 0 Å². The van der Waals surface area contributed by atoms with Gasteiger partial charge in [-0.15, -0.1) is 0 Å². The molecule has 1 saturated heterocycles. The van der Waals surface area contributed by atoms with Crippen LogP contribution in [0.3, 0.4) is 0 Å². The number of hydrogen-bond donors (Lipinski definition) is 2. The van der Waals surface area contributed by atoms with Crippen LogP contribution in [0.1, 0.15) is 27.7 Å². The van der Waals surface area contributed by atoms with Crippen molar-refractivity contribution in [2.24, 2.45) is 5.11 Å². The number of nitrogens with one attached hydrogen (secondary N) is 2. The van der Waals surface area contributed by atoms with Crippen molar-refractivity contribution >= 4 is 29.8 Å². The first-order chi connectivity index (χ1) is 14.0. The van der Waals surface area contributed by atoms with Gasteiger partial charge in [-0.1, -0.05) is 0 Å². The average molecular weight is 431 g/mol. The number of nitrogens with zero attached hydrogens (tertiary/aromatic N) is 2. The van der Waals surface area contributed by atoms with Gasteiger partial charge >= 0.3 is 23.9 Å². The Bertz CT molecular complexity index is 736. The summed E-state index contributed by atoms with van der Waals surface area (Å²) in [6, 6.07) is -1.32. The van der Waals surface area contributed by atoms with Crippen LogP contribution in [-0.2, 0) is 47.7 Å². The first kappa shape index (κ1) is 24.7. The highest BCUT2D eigenvalue weighted by atomic mass is 16.7. The molecular formula is C16H23N4O10+. The van der Waals surface area contributed by atoms with E-state index >= 15 is 0 Å². The number of carbonyl (C=O) groups is 5. The standard InChI is InChI=1S/C16H22N4O10/c1-7(21)26-6-11-14(27-8(2)22)15(28-9(3)23)13(16(30-11)29-10(4)24)19-12(25)5-18-20-17/h11,13-17H,5-6H2,1-4H3/p+1/t11-,13-,14-,15-,16-/m1/s1. The maximum absolute atomic E-state index is 12.1. The zero-order valence-electron chi connectivity index (χ0n) is 16.8. The summed E-state index contributed by atoms with van der Waals surface area (Å²) in [4.78, 5) is 60.8. The van der Waals surface area contributed by atoms with Gasteiger partial charge in [0.1, 0.15) is 29.4 Å². The van der Waals surface area contributed by atoms with Crippen LogP contribution in [0.15, 0.2) is 5.11 Å². The van der Waals surface area contributed by atoms with Gasteiger partial charge in [0.25, 0.3) is 0 Å². The highest BCUT2D eigenvalue weighted by molar-refractivity contribution is 5.78. The van der Waals surface area contributed by atoms with E-state index in [9.17, 15) is 24.0 Å². The number of hydrogen-bond acceptors (Lipinski definition) is 12. The molecular weight excluding hydrogens is 408 g/mol. The lowest BCUT2D eigenvalue weighted by atomic mass is 9.96. The lowest BCUT2D eigenvalue weighted by molar-refractivity contribution is -0.271. The van der Waals surface area contributed by atoms with Gasteiger partial charge in [0.2, 0.25) is 23.7 Å². The largest absolute Gasteiger partial charge is 0.463 e. The average Bonchev–Trinajstić information content (AvgIpc) is 2.62. The molecule has 1 amide bonds. The fourth-order valence-electron chi connectivity index (χ4n) is 2.65. The highest BCUT2D eigenvalue weighted by Crippen LogP contribution is 2.28. The third-order valence-corrected chi connectivity index (χ3v) is 3.60. The van der Waals surface area contributed by atoms with Gasteiger partial charge in [-0.3, -0.25) is 24.0 Å². The maximum atomic E-state index is 12.1. The molecule has 1 fully saturated rings. The quantitative estimate of drug-likeness (QED) is 0.203. The summed E-state index contributed by atoms with van der Waals surface area (Å²) < 4.78 is 26.0. The summed E-state index contributed by atoms with van der Waals surface area (Å²) in [5.74, 6) is -3.79. The number of esters is 4. The molecule has 0 spiro atoms. The van der Waals surface area contributed by atoms with Gasteiger partial charge in [0, 0.05) is 27.7 Å². The van der Waals surface area contributed by atoms with E-state index in [1.54, 1.807) is 0 Å². The normalized spacial score (nSPS) is 25.1. The molecule has 0 radical (unpaired) electrons. The van der Waals surface area contributed by atoms with Crippen molar-refractivity contribution in [3.05, 3.63) is 0 Å². The summed E-state index contributed by atoms with van der Waals surface area (Å²) in [6.45, 7) is 3.42. The van der Waals surface area contributed by atoms with Gasteiger partial charge in [-0.05, 0) is 0 Å². The Kier molecular flexibility index (Phi) is 9.52. The summed E-state index contributed by atoms with van der Waals surface area (Å²) in [5.41, 5.74) is 6.61. The highest BCUT2D eigenvalue weighted by Gasteiger charge is 2.52. The predicted octanol–water partition coefficient (Wildman–Crippen LogP) is -1.26. The van der Waals surface area contributed by atoms with Crippen LogP contribution in [0.25, 0.3) is 0 Å². The molecule has 1 aliphatic rings. The van der Waals surface area contributed by atoms with Crippen molar-refractivity contribution in [1.82, 2.24) is 10.2 Å². The number of carbonyl (C=O) groups excluding carboxylic acids is 5. The Morgan fingerprint density at radius 2 is 1.50 bits per heavy atom. The molecule has 0 aromatic carbocycles. The smallest absolute Gasteiger partial charge is 0.305 e. The van der Waals surface area contributed by atoms with Crippen LogP contribution >= 0.6 is 0 Å². The Hall–Kier alpha value is -3.38. The van der Waals surface area contributed by atoms with Gasteiger partial charge in [-0.2, -0.15) is 0 Å². The van der Waals surface area contributed by atoms with E-state index in [4.69, 9.17) is 29.2 Å². The first-order valence-corrected chi connectivity index (χ1v) is 8.68. The monoisotopic (exact) mass is 431 g/mol. The molecule has 0 aromatic heterocycles. The number of amides is 1. The molecule has 2 N–H and O–H groups in total. The number of ether oxygens (including phenoxy) is 5. The summed E-state index contributed by atoms with van der Waals surface area (Å²) in [7, 11) is 0. The lowest BCUT2D eigenvalue weighted by Gasteiger charge is -2.44. The Balaban J connectivity index is 3.33. The van der Waals surface area contributed by atoms with E-state index in [1.165, 1.54) is 0 Å². The Morgan fingerprint density at radius 1 is 0.933 bits per heavy atom. The molecule has 0 aliphatic carbocycles. The van der Waals surface area contributed by atoms with Crippen molar-refractivity contribution < 1.29 is 47.7 Å². The summed E-state index contributed by atoms with van der Waals surface area (Å²) in [5, 5.41) is 5.62. The van der Waals surface area contributed by atoms with Gasteiger partial charge in [0.05, 0.1) is 0 Å². The molecule has 0 aromatic rings. The third-order valence-electron chi connectivity index (χ3n) is 3.60. The fourth-order valence-corrected chi connectivity index (χ4v) is 2.65. The lowest BCUT2D eigenvalue weighted by Crippen LogP contribution is -2.67. The van der Waals surface area contributed by atoms with Gasteiger partial charge in [0.15, 0.2) is 12.2 Å². The predicted molar refractivity (Wildman–Crippen MR) is 92.2 cm³/mol. The van der Waals surface area contributed by atoms with E-state index in [1.807, 2.05) is 0 Å². The molecule has 0 saturated carbocycles. The molecule has 1 heterocycles. The Morgan fingerprint density at radius 3 is 2.00 bits per heavy atom. The van der Waals surface area contributed by atoms with E-state index in [0.717, 1.165) is 27.7 Å².